The highest BCUT2D eigenvalue weighted by Crippen LogP contribution is 2.40. The summed E-state index contributed by atoms with van der Waals surface area (Å²) in [6.07, 6.45) is 1.76. The van der Waals surface area contributed by atoms with Crippen LogP contribution >= 0.6 is 0 Å². The lowest BCUT2D eigenvalue weighted by Gasteiger charge is -2.30. The van der Waals surface area contributed by atoms with Crippen molar-refractivity contribution < 1.29 is 19.0 Å². The Hall–Kier alpha value is -1.62. The van der Waals surface area contributed by atoms with Gasteiger partial charge < -0.3 is 9.84 Å². The minimum absolute atomic E-state index is 0.00331. The Morgan fingerprint density at radius 1 is 1.55 bits per heavy atom. The maximum absolute atomic E-state index is 13.5. The fraction of sp³-hybridized carbons (Fsp3) is 0.533. The van der Waals surface area contributed by atoms with E-state index in [0.717, 1.165) is 12.8 Å². The monoisotopic (exact) mass is 281 g/mol. The predicted octanol–water partition coefficient (Wildman–Crippen LogP) is 2.36. The van der Waals surface area contributed by atoms with Crippen LogP contribution < -0.4 is 10.1 Å². The van der Waals surface area contributed by atoms with Gasteiger partial charge in [0.2, 0.25) is 0 Å². The van der Waals surface area contributed by atoms with Gasteiger partial charge in [-0.15, -0.1) is 0 Å². The zero-order valence-corrected chi connectivity index (χ0v) is 11.8. The molecule has 0 amide bonds. The minimum atomic E-state index is -1.07. The Morgan fingerprint density at radius 3 is 2.75 bits per heavy atom. The third-order valence-corrected chi connectivity index (χ3v) is 3.76. The van der Waals surface area contributed by atoms with Crippen LogP contribution in [0.2, 0.25) is 0 Å². The lowest BCUT2D eigenvalue weighted by molar-refractivity contribution is -0.147. The van der Waals surface area contributed by atoms with E-state index in [1.54, 1.807) is 19.1 Å². The molecule has 1 fully saturated rings. The Balaban J connectivity index is 2.11. The number of ether oxygens (including phenoxy) is 1. The number of likely N-dealkylation sites (N-methyl/N-ethyl adjacent to an activating group) is 1. The van der Waals surface area contributed by atoms with Crippen LogP contribution in [-0.2, 0) is 4.79 Å². The number of hydrogen-bond acceptors (Lipinski definition) is 3. The van der Waals surface area contributed by atoms with E-state index in [0.29, 0.717) is 17.9 Å². The van der Waals surface area contributed by atoms with Crippen LogP contribution in [0.15, 0.2) is 18.2 Å². The van der Waals surface area contributed by atoms with Crippen molar-refractivity contribution in [3.05, 3.63) is 29.6 Å². The van der Waals surface area contributed by atoms with Gasteiger partial charge in [0.05, 0.1) is 0 Å². The highest BCUT2D eigenvalue weighted by atomic mass is 19.1. The zero-order chi connectivity index (χ0) is 14.8. The number of aliphatic carboxylic acids is 1. The van der Waals surface area contributed by atoms with E-state index >= 15 is 0 Å². The highest BCUT2D eigenvalue weighted by Gasteiger charge is 2.51. The zero-order valence-electron chi connectivity index (χ0n) is 11.8. The molecule has 0 aliphatic heterocycles. The maximum atomic E-state index is 13.5. The Bertz CT molecular complexity index is 502. The first kappa shape index (κ1) is 14.8. The molecule has 1 unspecified atom stereocenters. The molecule has 1 aliphatic rings. The number of hydrogen-bond donors (Lipinski definition) is 2. The number of carbonyl (C=O) groups is 1. The molecule has 20 heavy (non-hydrogen) atoms. The third-order valence-electron chi connectivity index (χ3n) is 3.76. The van der Waals surface area contributed by atoms with E-state index in [9.17, 15) is 14.3 Å². The van der Waals surface area contributed by atoms with Gasteiger partial charge in [-0.05, 0) is 43.9 Å². The van der Waals surface area contributed by atoms with Crippen LogP contribution in [0.1, 0.15) is 25.3 Å². The summed E-state index contributed by atoms with van der Waals surface area (Å²) in [5.74, 6) is -0.819. The smallest absolute Gasteiger partial charge is 0.327 e. The number of halogens is 1. The molecule has 1 atom stereocenters. The summed E-state index contributed by atoms with van der Waals surface area (Å²) in [5.41, 5.74) is -0.536. The van der Waals surface area contributed by atoms with Gasteiger partial charge in [-0.3, -0.25) is 10.1 Å². The molecule has 110 valence electrons. The van der Waals surface area contributed by atoms with Crippen molar-refractivity contribution >= 4 is 5.97 Å². The van der Waals surface area contributed by atoms with E-state index in [2.05, 4.69) is 5.32 Å². The summed E-state index contributed by atoms with van der Waals surface area (Å²) < 4.78 is 19.0. The fourth-order valence-corrected chi connectivity index (χ4v) is 2.38. The summed E-state index contributed by atoms with van der Waals surface area (Å²) in [6, 6.07) is 4.57. The molecule has 4 nitrogen and oxygen atoms in total. The summed E-state index contributed by atoms with van der Waals surface area (Å²) in [7, 11) is 0. The molecule has 0 spiro atoms. The van der Waals surface area contributed by atoms with Gasteiger partial charge in [0.25, 0.3) is 0 Å². The summed E-state index contributed by atoms with van der Waals surface area (Å²) in [5, 5.41) is 12.6. The number of carboxylic acid groups (broad SMARTS) is 1. The topological polar surface area (TPSA) is 58.6 Å². The molecule has 2 rings (SSSR count). The van der Waals surface area contributed by atoms with E-state index in [4.69, 9.17) is 4.74 Å². The molecule has 1 aromatic rings. The van der Waals surface area contributed by atoms with Crippen LogP contribution in [0.5, 0.6) is 5.75 Å². The Kier molecular flexibility index (Phi) is 4.28. The first-order valence-electron chi connectivity index (χ1n) is 6.87. The molecule has 0 aromatic heterocycles. The molecular formula is C15H20FNO3. The van der Waals surface area contributed by atoms with Crippen molar-refractivity contribution in [3.8, 4) is 5.75 Å². The quantitative estimate of drug-likeness (QED) is 0.805. The van der Waals surface area contributed by atoms with Gasteiger partial charge in [0.15, 0.2) is 5.54 Å². The number of nitrogens with one attached hydrogen (secondary N) is 1. The molecule has 1 saturated carbocycles. The molecule has 0 bridgehead atoms. The van der Waals surface area contributed by atoms with Gasteiger partial charge in [-0.25, -0.2) is 4.39 Å². The van der Waals surface area contributed by atoms with E-state index in [1.165, 1.54) is 6.07 Å². The Morgan fingerprint density at radius 2 is 2.25 bits per heavy atom. The van der Waals surface area contributed by atoms with E-state index in [-0.39, 0.29) is 18.3 Å². The number of aryl methyl sites for hydroxylation is 1. The average Bonchev–Trinajstić information content (AvgIpc) is 3.23. The third kappa shape index (κ3) is 2.93. The second kappa shape index (κ2) is 5.79. The van der Waals surface area contributed by atoms with Gasteiger partial charge >= 0.3 is 5.97 Å². The van der Waals surface area contributed by atoms with Crippen LogP contribution in [-0.4, -0.2) is 29.8 Å². The van der Waals surface area contributed by atoms with Crippen LogP contribution in [0.4, 0.5) is 4.39 Å². The van der Waals surface area contributed by atoms with E-state index < -0.39 is 11.5 Å². The molecule has 5 heteroatoms. The Labute approximate surface area is 117 Å². The largest absolute Gasteiger partial charge is 0.491 e. The SMILES string of the molecule is CCNC(COc1ccc(C)c(F)c1)(C(=O)O)C1CC1. The van der Waals surface area contributed by atoms with Crippen LogP contribution in [0, 0.1) is 18.7 Å². The summed E-state index contributed by atoms with van der Waals surface area (Å²) in [4.78, 5) is 11.6. The summed E-state index contributed by atoms with van der Waals surface area (Å²) in [6.45, 7) is 4.09. The molecule has 1 aliphatic carbocycles. The predicted molar refractivity (Wildman–Crippen MR) is 73.4 cm³/mol. The van der Waals surface area contributed by atoms with Gasteiger partial charge in [-0.1, -0.05) is 13.0 Å². The lowest BCUT2D eigenvalue weighted by atomic mass is 9.94. The van der Waals surface area contributed by atoms with E-state index in [1.807, 2.05) is 6.92 Å². The summed E-state index contributed by atoms with van der Waals surface area (Å²) >= 11 is 0. The molecule has 0 heterocycles. The normalized spacial score (nSPS) is 17.6. The second-order valence-corrected chi connectivity index (χ2v) is 5.28. The lowest BCUT2D eigenvalue weighted by Crippen LogP contribution is -2.58. The molecule has 0 radical (unpaired) electrons. The second-order valence-electron chi connectivity index (χ2n) is 5.28. The number of benzene rings is 1. The molecule has 1 aromatic carbocycles. The van der Waals surface area contributed by atoms with Crippen molar-refractivity contribution in [1.29, 1.82) is 0 Å². The van der Waals surface area contributed by atoms with Crippen molar-refractivity contribution in [2.45, 2.75) is 32.2 Å². The minimum Gasteiger partial charge on any atom is -0.491 e. The highest BCUT2D eigenvalue weighted by molar-refractivity contribution is 5.80. The number of carboxylic acids is 1. The first-order valence-corrected chi connectivity index (χ1v) is 6.87. The standard InChI is InChI=1S/C15H20FNO3/c1-3-17-15(14(18)19,11-5-6-11)9-20-12-7-4-10(2)13(16)8-12/h4,7-8,11,17H,3,5-6,9H2,1-2H3,(H,18,19). The van der Waals surface area contributed by atoms with Crippen LogP contribution in [0.25, 0.3) is 0 Å². The van der Waals surface area contributed by atoms with Crippen molar-refractivity contribution in [2.75, 3.05) is 13.2 Å². The average molecular weight is 281 g/mol. The van der Waals surface area contributed by atoms with Crippen molar-refractivity contribution in [3.63, 3.8) is 0 Å². The van der Waals surface area contributed by atoms with Crippen LogP contribution in [0.3, 0.4) is 0 Å². The fourth-order valence-electron chi connectivity index (χ4n) is 2.38. The van der Waals surface area contributed by atoms with Crippen molar-refractivity contribution in [1.82, 2.24) is 5.32 Å². The van der Waals surface area contributed by atoms with Gasteiger partial charge in [-0.2, -0.15) is 0 Å². The molecular weight excluding hydrogens is 261 g/mol. The molecule has 0 saturated heterocycles. The maximum Gasteiger partial charge on any atom is 0.327 e. The number of rotatable bonds is 7. The molecule has 2 N–H and O–H groups in total. The van der Waals surface area contributed by atoms with Gasteiger partial charge in [0.1, 0.15) is 18.2 Å². The van der Waals surface area contributed by atoms with Gasteiger partial charge in [0, 0.05) is 6.07 Å². The first-order chi connectivity index (χ1) is 9.49. The van der Waals surface area contributed by atoms with Crippen molar-refractivity contribution in [2.24, 2.45) is 5.92 Å².